The van der Waals surface area contributed by atoms with Crippen LogP contribution in [0.25, 0.3) is 0 Å². The van der Waals surface area contributed by atoms with E-state index in [0.717, 1.165) is 6.67 Å². The Balaban J connectivity index is 1.92. The minimum atomic E-state index is 1.08. The molecular weight excluding hydrogens is 160 g/mol. The van der Waals surface area contributed by atoms with Crippen molar-refractivity contribution in [2.75, 3.05) is 20.3 Å². The highest BCUT2D eigenvalue weighted by molar-refractivity contribution is 4.88. The third kappa shape index (κ3) is 4.20. The molecule has 1 aliphatic heterocycles. The lowest BCUT2D eigenvalue weighted by Crippen LogP contribution is -2.23. The first-order valence-corrected chi connectivity index (χ1v) is 5.45. The van der Waals surface area contributed by atoms with Crippen molar-refractivity contribution in [2.24, 2.45) is 0 Å². The summed E-state index contributed by atoms with van der Waals surface area (Å²) < 4.78 is 0. The van der Waals surface area contributed by atoms with E-state index in [0.29, 0.717) is 0 Å². The molecule has 0 aromatic rings. The Bertz CT molecular complexity index is 154. The van der Waals surface area contributed by atoms with Gasteiger partial charge in [-0.1, -0.05) is 32.6 Å². The molecule has 0 bridgehead atoms. The number of nitrogens with zero attached hydrogens (tertiary/aromatic N) is 2. The average molecular weight is 182 g/mol. The van der Waals surface area contributed by atoms with Crippen LogP contribution in [-0.4, -0.2) is 30.1 Å². The maximum Gasteiger partial charge on any atom is 0.0890 e. The number of unbranched alkanes of at least 4 members (excludes halogenated alkanes) is 4. The van der Waals surface area contributed by atoms with Gasteiger partial charge in [0.1, 0.15) is 0 Å². The molecule has 0 atom stereocenters. The van der Waals surface area contributed by atoms with Gasteiger partial charge in [-0.25, -0.2) is 0 Å². The molecule has 1 heterocycles. The zero-order valence-electron chi connectivity index (χ0n) is 9.00. The van der Waals surface area contributed by atoms with Gasteiger partial charge < -0.3 is 9.80 Å². The van der Waals surface area contributed by atoms with Gasteiger partial charge >= 0.3 is 0 Å². The summed E-state index contributed by atoms with van der Waals surface area (Å²) in [6.07, 6.45) is 11.2. The summed E-state index contributed by atoms with van der Waals surface area (Å²) in [5, 5.41) is 0. The van der Waals surface area contributed by atoms with E-state index in [1.165, 1.54) is 38.6 Å². The van der Waals surface area contributed by atoms with E-state index >= 15 is 0 Å². The maximum absolute atomic E-state index is 2.38. The minimum Gasteiger partial charge on any atom is -0.362 e. The van der Waals surface area contributed by atoms with Crippen molar-refractivity contribution in [1.29, 1.82) is 0 Å². The normalized spacial score (nSPS) is 15.8. The second-order valence-corrected chi connectivity index (χ2v) is 3.92. The second-order valence-electron chi connectivity index (χ2n) is 3.92. The molecule has 0 unspecified atom stereocenters. The fourth-order valence-corrected chi connectivity index (χ4v) is 1.65. The topological polar surface area (TPSA) is 6.48 Å². The lowest BCUT2D eigenvalue weighted by atomic mass is 10.1. The van der Waals surface area contributed by atoms with Crippen molar-refractivity contribution >= 4 is 0 Å². The summed E-state index contributed by atoms with van der Waals surface area (Å²) in [6, 6.07) is 0. The molecule has 1 aliphatic rings. The summed E-state index contributed by atoms with van der Waals surface area (Å²) in [5.41, 5.74) is 0. The van der Waals surface area contributed by atoms with Gasteiger partial charge in [-0.05, 0) is 6.42 Å². The van der Waals surface area contributed by atoms with Crippen LogP contribution >= 0.6 is 0 Å². The van der Waals surface area contributed by atoms with Crippen molar-refractivity contribution in [1.82, 2.24) is 9.80 Å². The van der Waals surface area contributed by atoms with Crippen LogP contribution in [0, 0.1) is 0 Å². The molecule has 0 saturated carbocycles. The van der Waals surface area contributed by atoms with Crippen molar-refractivity contribution in [3.8, 4) is 0 Å². The predicted octanol–water partition coefficient (Wildman–Crippen LogP) is 2.63. The summed E-state index contributed by atoms with van der Waals surface area (Å²) in [5.74, 6) is 0. The fourth-order valence-electron chi connectivity index (χ4n) is 1.65. The van der Waals surface area contributed by atoms with Crippen LogP contribution in [0.4, 0.5) is 0 Å². The third-order valence-corrected chi connectivity index (χ3v) is 2.49. The van der Waals surface area contributed by atoms with E-state index in [2.05, 4.69) is 36.2 Å². The molecule has 0 fully saturated rings. The number of hydrogen-bond acceptors (Lipinski definition) is 2. The lowest BCUT2D eigenvalue weighted by Gasteiger charge is -2.17. The Morgan fingerprint density at radius 2 is 1.85 bits per heavy atom. The summed E-state index contributed by atoms with van der Waals surface area (Å²) in [6.45, 7) is 4.57. The third-order valence-electron chi connectivity index (χ3n) is 2.49. The largest absolute Gasteiger partial charge is 0.362 e. The zero-order valence-corrected chi connectivity index (χ0v) is 9.00. The minimum absolute atomic E-state index is 1.08. The molecule has 0 radical (unpaired) electrons. The first kappa shape index (κ1) is 10.4. The Hall–Kier alpha value is -0.660. The van der Waals surface area contributed by atoms with Crippen LogP contribution in [0.15, 0.2) is 12.4 Å². The smallest absolute Gasteiger partial charge is 0.0890 e. The van der Waals surface area contributed by atoms with Crippen LogP contribution < -0.4 is 0 Å². The molecular formula is C11H22N2. The molecule has 0 aromatic heterocycles. The monoisotopic (exact) mass is 182 g/mol. The summed E-state index contributed by atoms with van der Waals surface area (Å²) in [7, 11) is 2.12. The van der Waals surface area contributed by atoms with Gasteiger partial charge in [-0.2, -0.15) is 0 Å². The Morgan fingerprint density at radius 1 is 1.08 bits per heavy atom. The van der Waals surface area contributed by atoms with E-state index < -0.39 is 0 Å². The molecule has 2 heteroatoms. The van der Waals surface area contributed by atoms with Gasteiger partial charge in [0, 0.05) is 26.0 Å². The van der Waals surface area contributed by atoms with Crippen LogP contribution in [0.2, 0.25) is 0 Å². The first-order chi connectivity index (χ1) is 6.33. The molecule has 0 aliphatic carbocycles. The standard InChI is InChI=1S/C11H22N2/c1-3-4-5-6-7-8-13-10-9-12(2)11-13/h9-10H,3-8,11H2,1-2H3. The molecule has 2 nitrogen and oxygen atoms in total. The van der Waals surface area contributed by atoms with Crippen molar-refractivity contribution in [3.05, 3.63) is 12.4 Å². The summed E-state index contributed by atoms with van der Waals surface area (Å²) in [4.78, 5) is 4.60. The molecule has 76 valence electrons. The van der Waals surface area contributed by atoms with Gasteiger partial charge in [0.15, 0.2) is 0 Å². The zero-order chi connectivity index (χ0) is 9.52. The first-order valence-electron chi connectivity index (χ1n) is 5.45. The lowest BCUT2D eigenvalue weighted by molar-refractivity contribution is 0.291. The van der Waals surface area contributed by atoms with Crippen LogP contribution in [0.5, 0.6) is 0 Å². The van der Waals surface area contributed by atoms with Crippen molar-refractivity contribution in [3.63, 3.8) is 0 Å². The molecule has 0 amide bonds. The Labute approximate surface area is 82.2 Å². The molecule has 13 heavy (non-hydrogen) atoms. The highest BCUT2D eigenvalue weighted by Crippen LogP contribution is 2.07. The fraction of sp³-hybridized carbons (Fsp3) is 0.818. The van der Waals surface area contributed by atoms with Crippen LogP contribution in [0.1, 0.15) is 39.0 Å². The SMILES string of the molecule is CCCCCCCN1C=CN(C)C1. The second kappa shape index (κ2) is 5.90. The Morgan fingerprint density at radius 3 is 2.46 bits per heavy atom. The highest BCUT2D eigenvalue weighted by Gasteiger charge is 2.06. The predicted molar refractivity (Wildman–Crippen MR) is 57.2 cm³/mol. The van der Waals surface area contributed by atoms with Gasteiger partial charge in [0.05, 0.1) is 6.67 Å². The molecule has 0 saturated heterocycles. The van der Waals surface area contributed by atoms with E-state index in [9.17, 15) is 0 Å². The van der Waals surface area contributed by atoms with Crippen molar-refractivity contribution in [2.45, 2.75) is 39.0 Å². The number of rotatable bonds is 6. The van der Waals surface area contributed by atoms with Gasteiger partial charge in [0.25, 0.3) is 0 Å². The van der Waals surface area contributed by atoms with Gasteiger partial charge in [-0.3, -0.25) is 0 Å². The van der Waals surface area contributed by atoms with E-state index in [-0.39, 0.29) is 0 Å². The van der Waals surface area contributed by atoms with Crippen molar-refractivity contribution < 1.29 is 0 Å². The van der Waals surface area contributed by atoms with Crippen LogP contribution in [-0.2, 0) is 0 Å². The quantitative estimate of drug-likeness (QED) is 0.583. The van der Waals surface area contributed by atoms with E-state index in [4.69, 9.17) is 0 Å². The molecule has 0 spiro atoms. The summed E-state index contributed by atoms with van der Waals surface area (Å²) >= 11 is 0. The highest BCUT2D eigenvalue weighted by atomic mass is 15.3. The maximum atomic E-state index is 2.38. The van der Waals surface area contributed by atoms with E-state index in [1.807, 2.05) is 0 Å². The Kier molecular flexibility index (Phi) is 4.73. The molecule has 0 aromatic carbocycles. The van der Waals surface area contributed by atoms with Crippen LogP contribution in [0.3, 0.4) is 0 Å². The average Bonchev–Trinajstić information content (AvgIpc) is 2.51. The molecule has 0 N–H and O–H groups in total. The number of hydrogen-bond donors (Lipinski definition) is 0. The molecule has 1 rings (SSSR count). The van der Waals surface area contributed by atoms with E-state index in [1.54, 1.807) is 0 Å². The van der Waals surface area contributed by atoms with Gasteiger partial charge in [-0.15, -0.1) is 0 Å². The van der Waals surface area contributed by atoms with Gasteiger partial charge in [0.2, 0.25) is 0 Å².